The topological polar surface area (TPSA) is 35.6 Å². The minimum atomic E-state index is 0.403. The fourth-order valence-electron chi connectivity index (χ4n) is 2.52. The Morgan fingerprint density at radius 3 is 2.50 bits per heavy atom. The summed E-state index contributed by atoms with van der Waals surface area (Å²) in [6.07, 6.45) is 0. The van der Waals surface area contributed by atoms with Gasteiger partial charge in [-0.15, -0.1) is 11.6 Å². The van der Waals surface area contributed by atoms with Gasteiger partial charge in [-0.3, -0.25) is 4.68 Å². The van der Waals surface area contributed by atoms with Gasteiger partial charge in [-0.05, 0) is 19.4 Å². The van der Waals surface area contributed by atoms with Crippen LogP contribution in [0.25, 0.3) is 11.2 Å². The molecule has 0 fully saturated rings. The Bertz CT molecular complexity index is 752. The van der Waals surface area contributed by atoms with E-state index >= 15 is 0 Å². The zero-order valence-corrected chi connectivity index (χ0v) is 12.6. The van der Waals surface area contributed by atoms with E-state index in [-0.39, 0.29) is 0 Å². The molecule has 2 heterocycles. The summed E-state index contributed by atoms with van der Waals surface area (Å²) in [6.45, 7) is 4.83. The Labute approximate surface area is 123 Å². The second-order valence-corrected chi connectivity index (χ2v) is 5.38. The van der Waals surface area contributed by atoms with Gasteiger partial charge >= 0.3 is 0 Å². The van der Waals surface area contributed by atoms with Crippen LogP contribution < -0.4 is 0 Å². The number of rotatable bonds is 3. The normalized spacial score (nSPS) is 11.4. The highest BCUT2D eigenvalue weighted by Crippen LogP contribution is 2.21. The summed E-state index contributed by atoms with van der Waals surface area (Å²) in [5.41, 5.74) is 5.41. The molecule has 0 amide bonds. The van der Waals surface area contributed by atoms with Crippen LogP contribution in [-0.4, -0.2) is 19.3 Å². The lowest BCUT2D eigenvalue weighted by Gasteiger charge is -2.08. The second kappa shape index (κ2) is 4.94. The number of aryl methyl sites for hydroxylation is 3. The van der Waals surface area contributed by atoms with Crippen molar-refractivity contribution in [2.75, 3.05) is 0 Å². The number of nitrogens with zero attached hydrogens (tertiary/aromatic N) is 4. The van der Waals surface area contributed by atoms with Gasteiger partial charge in [0.25, 0.3) is 0 Å². The van der Waals surface area contributed by atoms with Crippen molar-refractivity contribution in [3.05, 3.63) is 46.9 Å². The highest BCUT2D eigenvalue weighted by atomic mass is 35.5. The second-order valence-electron chi connectivity index (χ2n) is 5.11. The Morgan fingerprint density at radius 2 is 1.85 bits per heavy atom. The number of imidazole rings is 1. The van der Waals surface area contributed by atoms with Gasteiger partial charge in [-0.1, -0.05) is 29.8 Å². The lowest BCUT2D eigenvalue weighted by molar-refractivity contribution is 0.702. The molecule has 0 aliphatic rings. The van der Waals surface area contributed by atoms with Gasteiger partial charge in [0.1, 0.15) is 11.3 Å². The van der Waals surface area contributed by atoms with Crippen molar-refractivity contribution < 1.29 is 0 Å². The molecule has 4 nitrogen and oxygen atoms in total. The highest BCUT2D eigenvalue weighted by molar-refractivity contribution is 6.16. The smallest absolute Gasteiger partial charge is 0.159 e. The van der Waals surface area contributed by atoms with Crippen LogP contribution in [-0.2, 0) is 19.5 Å². The first-order valence-electron chi connectivity index (χ1n) is 6.60. The summed E-state index contributed by atoms with van der Waals surface area (Å²) in [7, 11) is 1.95. The van der Waals surface area contributed by atoms with Crippen LogP contribution in [0, 0.1) is 13.8 Å². The molecule has 20 heavy (non-hydrogen) atoms. The Morgan fingerprint density at radius 1 is 1.15 bits per heavy atom. The number of hydrogen-bond donors (Lipinski definition) is 0. The first-order valence-corrected chi connectivity index (χ1v) is 7.14. The van der Waals surface area contributed by atoms with Gasteiger partial charge in [0.2, 0.25) is 0 Å². The van der Waals surface area contributed by atoms with Crippen molar-refractivity contribution in [1.29, 1.82) is 0 Å². The van der Waals surface area contributed by atoms with E-state index < -0.39 is 0 Å². The molecule has 0 aliphatic heterocycles. The molecular weight excluding hydrogens is 272 g/mol. The number of alkyl halides is 1. The summed E-state index contributed by atoms with van der Waals surface area (Å²) >= 11 is 6.04. The van der Waals surface area contributed by atoms with Crippen molar-refractivity contribution >= 4 is 22.8 Å². The zero-order valence-electron chi connectivity index (χ0n) is 11.9. The monoisotopic (exact) mass is 288 g/mol. The van der Waals surface area contributed by atoms with Crippen LogP contribution >= 0.6 is 11.6 Å². The number of fused-ring (bicyclic) bond motifs is 1. The molecule has 0 radical (unpaired) electrons. The van der Waals surface area contributed by atoms with Crippen molar-refractivity contribution in [2.45, 2.75) is 26.3 Å². The average Bonchev–Trinajstić information content (AvgIpc) is 2.92. The van der Waals surface area contributed by atoms with Gasteiger partial charge < -0.3 is 4.57 Å². The lowest BCUT2D eigenvalue weighted by atomic mass is 10.1. The Balaban J connectivity index is 2.11. The standard InChI is InChI=1S/C15H17ClN4/c1-10-4-6-12(7-5-10)9-20-13(8-16)17-14-11(2)18-19(3)15(14)20/h4-7H,8-9H2,1-3H3. The molecule has 1 aromatic carbocycles. The predicted octanol–water partition coefficient (Wildman–Crippen LogP) is 3.17. The molecule has 0 atom stereocenters. The summed E-state index contributed by atoms with van der Waals surface area (Å²) in [5.74, 6) is 1.29. The van der Waals surface area contributed by atoms with Crippen LogP contribution in [0.4, 0.5) is 0 Å². The lowest BCUT2D eigenvalue weighted by Crippen LogP contribution is -2.07. The summed E-state index contributed by atoms with van der Waals surface area (Å²) in [4.78, 5) is 4.61. The molecular formula is C15H17ClN4. The van der Waals surface area contributed by atoms with E-state index in [9.17, 15) is 0 Å². The maximum Gasteiger partial charge on any atom is 0.159 e. The fourth-order valence-corrected chi connectivity index (χ4v) is 2.73. The minimum Gasteiger partial charge on any atom is -0.307 e. The first kappa shape index (κ1) is 13.2. The Kier molecular flexibility index (Phi) is 3.26. The molecule has 0 bridgehead atoms. The largest absolute Gasteiger partial charge is 0.307 e. The van der Waals surface area contributed by atoms with Gasteiger partial charge in [-0.2, -0.15) is 5.10 Å². The molecule has 0 saturated carbocycles. The Hall–Kier alpha value is -1.81. The van der Waals surface area contributed by atoms with Crippen molar-refractivity contribution in [3.8, 4) is 0 Å². The number of halogens is 1. The van der Waals surface area contributed by atoms with E-state index in [1.807, 2.05) is 18.7 Å². The molecule has 5 heteroatoms. The van der Waals surface area contributed by atoms with E-state index in [0.717, 1.165) is 29.2 Å². The molecule has 0 aliphatic carbocycles. The molecule has 0 N–H and O–H groups in total. The van der Waals surface area contributed by atoms with Crippen LogP contribution in [0.2, 0.25) is 0 Å². The molecule has 0 unspecified atom stereocenters. The summed E-state index contributed by atoms with van der Waals surface area (Å²) < 4.78 is 4.02. The van der Waals surface area contributed by atoms with Crippen molar-refractivity contribution in [3.63, 3.8) is 0 Å². The van der Waals surface area contributed by atoms with Gasteiger partial charge in [0.05, 0.1) is 18.1 Å². The van der Waals surface area contributed by atoms with E-state index in [1.165, 1.54) is 11.1 Å². The number of benzene rings is 1. The van der Waals surface area contributed by atoms with Crippen molar-refractivity contribution in [2.24, 2.45) is 7.05 Å². The maximum atomic E-state index is 6.04. The minimum absolute atomic E-state index is 0.403. The highest BCUT2D eigenvalue weighted by Gasteiger charge is 2.16. The van der Waals surface area contributed by atoms with E-state index in [4.69, 9.17) is 11.6 Å². The van der Waals surface area contributed by atoms with E-state index in [0.29, 0.717) is 5.88 Å². The van der Waals surface area contributed by atoms with Crippen molar-refractivity contribution in [1.82, 2.24) is 19.3 Å². The van der Waals surface area contributed by atoms with Crippen LogP contribution in [0.15, 0.2) is 24.3 Å². The first-order chi connectivity index (χ1) is 9.60. The van der Waals surface area contributed by atoms with Gasteiger partial charge in [0.15, 0.2) is 5.65 Å². The van der Waals surface area contributed by atoms with E-state index in [2.05, 4.69) is 45.8 Å². The number of hydrogen-bond acceptors (Lipinski definition) is 2. The summed E-state index contributed by atoms with van der Waals surface area (Å²) in [5, 5.41) is 4.43. The van der Waals surface area contributed by atoms with Gasteiger partial charge in [0, 0.05) is 7.05 Å². The fraction of sp³-hybridized carbons (Fsp3) is 0.333. The molecule has 104 valence electrons. The third kappa shape index (κ3) is 2.10. The molecule has 0 spiro atoms. The summed E-state index contributed by atoms with van der Waals surface area (Å²) in [6, 6.07) is 8.53. The SMILES string of the molecule is Cc1ccc(Cn2c(CCl)nc3c(C)nn(C)c32)cc1. The molecule has 3 rings (SSSR count). The predicted molar refractivity (Wildman–Crippen MR) is 81.1 cm³/mol. The molecule has 0 saturated heterocycles. The van der Waals surface area contributed by atoms with E-state index in [1.54, 1.807) is 0 Å². The van der Waals surface area contributed by atoms with Crippen LogP contribution in [0.3, 0.4) is 0 Å². The van der Waals surface area contributed by atoms with Gasteiger partial charge in [-0.25, -0.2) is 4.98 Å². The van der Waals surface area contributed by atoms with Crippen LogP contribution in [0.1, 0.15) is 22.6 Å². The molecule has 3 aromatic rings. The third-order valence-electron chi connectivity index (χ3n) is 3.55. The van der Waals surface area contributed by atoms with Crippen LogP contribution in [0.5, 0.6) is 0 Å². The third-order valence-corrected chi connectivity index (χ3v) is 3.79. The molecule has 2 aromatic heterocycles. The zero-order chi connectivity index (χ0) is 14.3. The average molecular weight is 289 g/mol. The quantitative estimate of drug-likeness (QED) is 0.694. The maximum absolute atomic E-state index is 6.04. The number of aromatic nitrogens is 4.